The summed E-state index contributed by atoms with van der Waals surface area (Å²) >= 11 is 0. The molecule has 150 valence electrons. The maximum Gasteiger partial charge on any atom is 0.0396 e. The molecule has 0 atom stereocenters. The van der Waals surface area contributed by atoms with Crippen LogP contribution in [0.4, 0.5) is 5.69 Å². The first kappa shape index (κ1) is 19.5. The molecule has 0 amide bonds. The molecular weight excluding hydrogens is 342 g/mol. The Labute approximate surface area is 171 Å². The van der Waals surface area contributed by atoms with Crippen molar-refractivity contribution in [3.05, 3.63) is 65.2 Å². The third-order valence-electron chi connectivity index (χ3n) is 6.68. The fourth-order valence-electron chi connectivity index (χ4n) is 4.80. The molecule has 0 spiro atoms. The second kappa shape index (κ2) is 9.11. The average Bonchev–Trinajstić information content (AvgIpc) is 2.74. The van der Waals surface area contributed by atoms with E-state index in [-0.39, 0.29) is 0 Å². The highest BCUT2D eigenvalue weighted by Gasteiger charge is 2.27. The van der Waals surface area contributed by atoms with Crippen LogP contribution in [0.2, 0.25) is 0 Å². The largest absolute Gasteiger partial charge is 0.369 e. The normalized spacial score (nSPS) is 19.9. The molecule has 2 aliphatic heterocycles. The van der Waals surface area contributed by atoms with Crippen molar-refractivity contribution in [1.29, 1.82) is 0 Å². The summed E-state index contributed by atoms with van der Waals surface area (Å²) in [6.07, 6.45) is 3.84. The van der Waals surface area contributed by atoms with E-state index in [0.29, 0.717) is 0 Å². The fraction of sp³-hybridized carbons (Fsp3) is 0.520. The third kappa shape index (κ3) is 4.76. The lowest BCUT2D eigenvalue weighted by Crippen LogP contribution is -2.53. The molecule has 3 nitrogen and oxygen atoms in total. The zero-order chi connectivity index (χ0) is 19.3. The van der Waals surface area contributed by atoms with Crippen LogP contribution in [0.1, 0.15) is 29.5 Å². The Balaban J connectivity index is 1.20. The molecule has 3 heteroatoms. The van der Waals surface area contributed by atoms with E-state index in [1.807, 2.05) is 0 Å². The Morgan fingerprint density at radius 1 is 0.786 bits per heavy atom. The molecule has 0 radical (unpaired) electrons. The zero-order valence-corrected chi connectivity index (χ0v) is 17.6. The van der Waals surface area contributed by atoms with Crippen LogP contribution in [0.15, 0.2) is 48.5 Å². The van der Waals surface area contributed by atoms with Crippen LogP contribution in [0.5, 0.6) is 0 Å². The van der Waals surface area contributed by atoms with Gasteiger partial charge in [-0.15, -0.1) is 0 Å². The second-order valence-corrected chi connectivity index (χ2v) is 8.62. The van der Waals surface area contributed by atoms with Gasteiger partial charge in [-0.2, -0.15) is 0 Å². The highest BCUT2D eigenvalue weighted by atomic mass is 15.3. The molecule has 2 heterocycles. The van der Waals surface area contributed by atoms with E-state index < -0.39 is 0 Å². The van der Waals surface area contributed by atoms with Crippen molar-refractivity contribution in [2.45, 2.75) is 39.2 Å². The lowest BCUT2D eigenvalue weighted by atomic mass is 10.0. The van der Waals surface area contributed by atoms with Gasteiger partial charge in [0.15, 0.2) is 0 Å². The van der Waals surface area contributed by atoms with Gasteiger partial charge in [-0.05, 0) is 63.4 Å². The first-order valence-electron chi connectivity index (χ1n) is 11.0. The Hall–Kier alpha value is -1.84. The van der Waals surface area contributed by atoms with Crippen molar-refractivity contribution in [3.63, 3.8) is 0 Å². The molecule has 4 rings (SSSR count). The molecule has 2 saturated heterocycles. The van der Waals surface area contributed by atoms with Gasteiger partial charge in [0.2, 0.25) is 0 Å². The van der Waals surface area contributed by atoms with Crippen molar-refractivity contribution in [2.75, 3.05) is 50.7 Å². The summed E-state index contributed by atoms with van der Waals surface area (Å²) in [6, 6.07) is 18.6. The minimum atomic E-state index is 0.787. The highest BCUT2D eigenvalue weighted by molar-refractivity contribution is 5.53. The summed E-state index contributed by atoms with van der Waals surface area (Å²) in [5.74, 6) is 0. The van der Waals surface area contributed by atoms with E-state index in [1.54, 1.807) is 0 Å². The molecule has 2 fully saturated rings. The summed E-state index contributed by atoms with van der Waals surface area (Å²) < 4.78 is 0. The summed E-state index contributed by atoms with van der Waals surface area (Å²) in [7, 11) is 0. The topological polar surface area (TPSA) is 9.72 Å². The number of nitrogens with zero attached hydrogens (tertiary/aromatic N) is 3. The lowest BCUT2D eigenvalue weighted by Gasteiger charge is -2.43. The van der Waals surface area contributed by atoms with Gasteiger partial charge in [0.05, 0.1) is 0 Å². The highest BCUT2D eigenvalue weighted by Crippen LogP contribution is 2.23. The Bertz CT molecular complexity index is 739. The molecule has 0 N–H and O–H groups in total. The Kier molecular flexibility index (Phi) is 6.33. The van der Waals surface area contributed by atoms with Gasteiger partial charge < -0.3 is 9.80 Å². The van der Waals surface area contributed by atoms with E-state index in [2.05, 4.69) is 77.1 Å². The standard InChI is InChI=1S/C25H35N3/c1-21-7-9-23(10-8-21)11-14-26-15-12-24(13-16-26)27-17-19-28(20-18-27)25-6-4-3-5-22(25)2/h3-10,24H,11-20H2,1-2H3. The Morgan fingerprint density at radius 2 is 1.46 bits per heavy atom. The number of aryl methyl sites for hydroxylation is 2. The van der Waals surface area contributed by atoms with E-state index >= 15 is 0 Å². The molecular formula is C25H35N3. The molecule has 0 saturated carbocycles. The van der Waals surface area contributed by atoms with Gasteiger partial charge in [-0.25, -0.2) is 0 Å². The summed E-state index contributed by atoms with van der Waals surface area (Å²) in [6.45, 7) is 12.9. The number of piperidine rings is 1. The molecule has 2 aromatic rings. The van der Waals surface area contributed by atoms with Crippen LogP contribution in [0, 0.1) is 13.8 Å². The number of para-hydroxylation sites is 1. The number of piperazine rings is 1. The van der Waals surface area contributed by atoms with Crippen molar-refractivity contribution >= 4 is 5.69 Å². The van der Waals surface area contributed by atoms with Crippen molar-refractivity contribution < 1.29 is 0 Å². The van der Waals surface area contributed by atoms with Crippen molar-refractivity contribution in [1.82, 2.24) is 9.80 Å². The van der Waals surface area contributed by atoms with E-state index in [4.69, 9.17) is 0 Å². The van der Waals surface area contributed by atoms with Gasteiger partial charge in [0.25, 0.3) is 0 Å². The first-order valence-corrected chi connectivity index (χ1v) is 11.0. The minimum absolute atomic E-state index is 0.787. The van der Waals surface area contributed by atoms with Crippen LogP contribution >= 0.6 is 0 Å². The van der Waals surface area contributed by atoms with E-state index in [9.17, 15) is 0 Å². The number of hydrogen-bond donors (Lipinski definition) is 0. The second-order valence-electron chi connectivity index (χ2n) is 8.62. The van der Waals surface area contributed by atoms with Crippen LogP contribution in [0.25, 0.3) is 0 Å². The average molecular weight is 378 g/mol. The third-order valence-corrected chi connectivity index (χ3v) is 6.68. The fourth-order valence-corrected chi connectivity index (χ4v) is 4.80. The number of hydrogen-bond acceptors (Lipinski definition) is 3. The van der Waals surface area contributed by atoms with Gasteiger partial charge in [0, 0.05) is 44.5 Å². The molecule has 0 bridgehead atoms. The van der Waals surface area contributed by atoms with Gasteiger partial charge in [0.1, 0.15) is 0 Å². The van der Waals surface area contributed by atoms with Crippen molar-refractivity contribution in [3.8, 4) is 0 Å². The predicted octanol–water partition coefficient (Wildman–Crippen LogP) is 4.13. The number of rotatable bonds is 5. The Morgan fingerprint density at radius 3 is 2.14 bits per heavy atom. The quantitative estimate of drug-likeness (QED) is 0.776. The van der Waals surface area contributed by atoms with Crippen LogP contribution in [-0.2, 0) is 6.42 Å². The minimum Gasteiger partial charge on any atom is -0.369 e. The molecule has 0 unspecified atom stereocenters. The van der Waals surface area contributed by atoms with Gasteiger partial charge >= 0.3 is 0 Å². The summed E-state index contributed by atoms with van der Waals surface area (Å²) in [5, 5.41) is 0. The maximum atomic E-state index is 2.76. The van der Waals surface area contributed by atoms with Crippen molar-refractivity contribution in [2.24, 2.45) is 0 Å². The number of benzene rings is 2. The smallest absolute Gasteiger partial charge is 0.0396 e. The number of likely N-dealkylation sites (tertiary alicyclic amines) is 1. The van der Waals surface area contributed by atoms with E-state index in [1.165, 1.54) is 87.5 Å². The molecule has 28 heavy (non-hydrogen) atoms. The monoisotopic (exact) mass is 377 g/mol. The summed E-state index contributed by atoms with van der Waals surface area (Å²) in [4.78, 5) is 7.99. The SMILES string of the molecule is Cc1ccc(CCN2CCC(N3CCN(c4ccccc4C)CC3)CC2)cc1. The molecule has 0 aliphatic carbocycles. The van der Waals surface area contributed by atoms with Crippen LogP contribution < -0.4 is 4.90 Å². The van der Waals surface area contributed by atoms with E-state index in [0.717, 1.165) is 6.04 Å². The number of anilines is 1. The zero-order valence-electron chi connectivity index (χ0n) is 17.6. The van der Waals surface area contributed by atoms with Crippen LogP contribution in [-0.4, -0.2) is 61.7 Å². The molecule has 2 aliphatic rings. The van der Waals surface area contributed by atoms with Gasteiger partial charge in [-0.3, -0.25) is 4.90 Å². The lowest BCUT2D eigenvalue weighted by molar-refractivity contribution is 0.104. The maximum absolute atomic E-state index is 2.76. The molecule has 2 aromatic carbocycles. The van der Waals surface area contributed by atoms with Gasteiger partial charge in [-0.1, -0.05) is 48.0 Å². The molecule has 0 aromatic heterocycles. The van der Waals surface area contributed by atoms with Crippen LogP contribution in [0.3, 0.4) is 0 Å². The first-order chi connectivity index (χ1) is 13.7. The summed E-state index contributed by atoms with van der Waals surface area (Å²) in [5.41, 5.74) is 5.65. The predicted molar refractivity (Wildman–Crippen MR) is 119 cm³/mol.